The Hall–Kier alpha value is -2.83. The molecule has 17 heteroatoms. The summed E-state index contributed by atoms with van der Waals surface area (Å²) in [6.45, 7) is 7.83. The van der Waals surface area contributed by atoms with Crippen molar-refractivity contribution in [1.29, 1.82) is 0 Å². The summed E-state index contributed by atoms with van der Waals surface area (Å²) < 4.78 is 62.5. The fourth-order valence-electron chi connectivity index (χ4n) is 6.01. The maximum absolute atomic E-state index is 13.1. The minimum atomic E-state index is -4.37. The van der Waals surface area contributed by atoms with Crippen LogP contribution in [0, 0.1) is 0 Å². The molecule has 2 aliphatic rings. The molecule has 0 bridgehead atoms. The number of hydrogen-bond acceptors (Lipinski definition) is 11. The molecule has 1 atom stereocenters. The van der Waals surface area contributed by atoms with E-state index in [0.717, 1.165) is 34.1 Å². The van der Waals surface area contributed by atoms with E-state index >= 15 is 0 Å². The Morgan fingerprint density at radius 1 is 1.02 bits per heavy atom. The number of ether oxygens (including phenoxy) is 1. The third-order valence-corrected chi connectivity index (χ3v) is 11.0. The quantitative estimate of drug-likeness (QED) is 0.0692. The summed E-state index contributed by atoms with van der Waals surface area (Å²) in [4.78, 5) is 14.3. The monoisotopic (exact) mass is 769 g/mol. The zero-order valence-corrected chi connectivity index (χ0v) is 31.5. The molecule has 0 N–H and O–H groups in total. The standard InChI is InChI=1S/C33H41Cl2N5O8S2/c1-5-38-29-21-26(35)31(49(41)48-37-14-16-46-17-15-37)22-27(29)36(3)32(38)11-8-7-9-12-33-39(6-2)30-20-25(34)24(23-47-45-4)19-28(30)40(33)13-10-18-50(42,43)44/h7-9,11-12,19-22H,5-6,10,13-18,23H2,1-4H3. The van der Waals surface area contributed by atoms with Crippen LogP contribution in [0.1, 0.15) is 31.7 Å². The third kappa shape index (κ3) is 8.78. The van der Waals surface area contributed by atoms with Crippen molar-refractivity contribution in [3.63, 3.8) is 0 Å². The van der Waals surface area contributed by atoms with Gasteiger partial charge in [0.25, 0.3) is 5.82 Å². The van der Waals surface area contributed by atoms with Gasteiger partial charge in [-0.15, -0.1) is 0 Å². The van der Waals surface area contributed by atoms with Crippen LogP contribution in [0.15, 0.2) is 59.3 Å². The lowest BCUT2D eigenvalue weighted by atomic mass is 10.1. The summed E-state index contributed by atoms with van der Waals surface area (Å²) in [5.41, 5.74) is 4.12. The highest BCUT2D eigenvalue weighted by Gasteiger charge is 2.31. The van der Waals surface area contributed by atoms with Gasteiger partial charge in [0, 0.05) is 60.7 Å². The fourth-order valence-corrected chi connectivity index (χ4v) is 7.90. The van der Waals surface area contributed by atoms with Crippen LogP contribution in [0.2, 0.25) is 10.0 Å². The smallest absolute Gasteiger partial charge is 0.282 e. The number of imidazole rings is 1. The van der Waals surface area contributed by atoms with E-state index in [-0.39, 0.29) is 13.0 Å². The van der Waals surface area contributed by atoms with Gasteiger partial charge in [0.05, 0.1) is 65.3 Å². The predicted octanol–water partition coefficient (Wildman–Crippen LogP) is 4.85. The molecule has 0 spiro atoms. The molecule has 2 aliphatic heterocycles. The number of hydrogen-bond donors (Lipinski definition) is 0. The fraction of sp³-hybridized carbons (Fsp3) is 0.424. The first kappa shape index (κ1) is 38.4. The summed E-state index contributed by atoms with van der Waals surface area (Å²) >= 11 is 11.4. The lowest BCUT2D eigenvalue weighted by Gasteiger charge is -2.24. The van der Waals surface area contributed by atoms with Crippen LogP contribution < -0.4 is 14.4 Å². The number of aryl methyl sites for hydroxylation is 2. The molecule has 272 valence electrons. The summed E-state index contributed by atoms with van der Waals surface area (Å²) in [5.74, 6) is 1.23. The SMILES string of the molecule is CCN1\C(=C/C=C/C=C/c2n(CC)c3cc(Cl)c(S(=O)ON4CCOCC4)cc3[n+]2C)N(CCCS(=O)(=O)[O-])c2cc(COOC)c(Cl)cc21. The molecule has 1 fully saturated rings. The van der Waals surface area contributed by atoms with Gasteiger partial charge >= 0.3 is 0 Å². The Morgan fingerprint density at radius 3 is 2.44 bits per heavy atom. The third-order valence-electron chi connectivity index (χ3n) is 8.36. The largest absolute Gasteiger partial charge is 0.748 e. The van der Waals surface area contributed by atoms with E-state index in [1.807, 2.05) is 78.9 Å². The Balaban J connectivity index is 1.42. The second-order valence-electron chi connectivity index (χ2n) is 11.4. The van der Waals surface area contributed by atoms with Gasteiger partial charge in [0.1, 0.15) is 12.4 Å². The van der Waals surface area contributed by atoms with E-state index in [1.165, 1.54) is 7.11 Å². The molecular formula is C33H41Cl2N5O8S2. The topological polar surface area (TPSA) is 130 Å². The molecule has 3 heterocycles. The molecular weight excluding hydrogens is 729 g/mol. The van der Waals surface area contributed by atoms with Gasteiger partial charge in [-0.2, -0.15) is 9.35 Å². The van der Waals surface area contributed by atoms with E-state index in [9.17, 15) is 17.2 Å². The van der Waals surface area contributed by atoms with Crippen molar-refractivity contribution in [3.8, 4) is 0 Å². The lowest BCUT2D eigenvalue weighted by molar-refractivity contribution is -0.647. The van der Waals surface area contributed by atoms with Crippen LogP contribution in [0.5, 0.6) is 0 Å². The second kappa shape index (κ2) is 17.1. The van der Waals surface area contributed by atoms with E-state index in [0.29, 0.717) is 66.4 Å². The predicted molar refractivity (Wildman–Crippen MR) is 193 cm³/mol. The van der Waals surface area contributed by atoms with Crippen LogP contribution in [-0.2, 0) is 60.2 Å². The summed E-state index contributed by atoms with van der Waals surface area (Å²) in [6, 6.07) is 7.36. The van der Waals surface area contributed by atoms with Crippen LogP contribution >= 0.6 is 23.2 Å². The van der Waals surface area contributed by atoms with Crippen molar-refractivity contribution in [3.05, 3.63) is 75.8 Å². The molecule has 5 rings (SSSR count). The van der Waals surface area contributed by atoms with Crippen LogP contribution in [0.25, 0.3) is 17.1 Å². The number of fused-ring (bicyclic) bond motifs is 2. The van der Waals surface area contributed by atoms with Gasteiger partial charge in [-0.1, -0.05) is 41.4 Å². The van der Waals surface area contributed by atoms with E-state index in [4.69, 9.17) is 42.0 Å². The van der Waals surface area contributed by atoms with Crippen LogP contribution in [-0.4, -0.2) is 79.1 Å². The van der Waals surface area contributed by atoms with Crippen molar-refractivity contribution in [2.45, 2.75) is 38.3 Å². The molecule has 0 aliphatic carbocycles. The number of nitrogens with zero attached hydrogens (tertiary/aromatic N) is 5. The van der Waals surface area contributed by atoms with Gasteiger partial charge in [-0.25, -0.2) is 31.5 Å². The molecule has 0 radical (unpaired) electrons. The van der Waals surface area contributed by atoms with Gasteiger partial charge in [-0.05, 0) is 38.5 Å². The molecule has 0 saturated carbocycles. The molecule has 3 aromatic rings. The number of anilines is 2. The number of hydroxylamine groups is 2. The van der Waals surface area contributed by atoms with Gasteiger partial charge in [0.2, 0.25) is 11.1 Å². The Labute approximate surface area is 305 Å². The van der Waals surface area contributed by atoms with Crippen LogP contribution in [0.4, 0.5) is 11.4 Å². The number of benzene rings is 2. The Kier molecular flexibility index (Phi) is 13.2. The molecule has 0 amide bonds. The average Bonchev–Trinajstić information content (AvgIpc) is 3.51. The van der Waals surface area contributed by atoms with Crippen LogP contribution in [0.3, 0.4) is 0 Å². The molecule has 2 aromatic carbocycles. The molecule has 13 nitrogen and oxygen atoms in total. The number of rotatable bonds is 15. The molecule has 1 aromatic heterocycles. The van der Waals surface area contributed by atoms with Crippen molar-refractivity contribution in [1.82, 2.24) is 9.63 Å². The van der Waals surface area contributed by atoms with E-state index in [2.05, 4.69) is 9.47 Å². The highest BCUT2D eigenvalue weighted by atomic mass is 35.5. The minimum absolute atomic E-state index is 0.126. The van der Waals surface area contributed by atoms with Crippen molar-refractivity contribution in [2.24, 2.45) is 7.05 Å². The van der Waals surface area contributed by atoms with E-state index in [1.54, 1.807) is 11.1 Å². The maximum Gasteiger partial charge on any atom is 0.282 e. The number of allylic oxidation sites excluding steroid dienone is 4. The van der Waals surface area contributed by atoms with Gasteiger partial charge in [0.15, 0.2) is 11.0 Å². The number of morpholine rings is 1. The van der Waals surface area contributed by atoms with E-state index < -0.39 is 27.0 Å². The summed E-state index contributed by atoms with van der Waals surface area (Å²) in [6.07, 6.45) is 9.78. The van der Waals surface area contributed by atoms with Crippen molar-refractivity contribution < 1.29 is 40.5 Å². The summed E-state index contributed by atoms with van der Waals surface area (Å²) in [5, 5.41) is 2.50. The first-order valence-electron chi connectivity index (χ1n) is 16.1. The zero-order chi connectivity index (χ0) is 36.0. The molecule has 1 saturated heterocycles. The van der Waals surface area contributed by atoms with Crippen molar-refractivity contribution >= 4 is 72.9 Å². The average molecular weight is 771 g/mol. The Bertz CT molecular complexity index is 1930. The van der Waals surface area contributed by atoms with Gasteiger partial charge in [-0.3, -0.25) is 0 Å². The first-order chi connectivity index (χ1) is 24.0. The van der Waals surface area contributed by atoms with Crippen molar-refractivity contribution in [2.75, 3.05) is 62.1 Å². The highest BCUT2D eigenvalue weighted by molar-refractivity contribution is 7.85. The second-order valence-corrected chi connectivity index (χ2v) is 14.8. The lowest BCUT2D eigenvalue weighted by Crippen LogP contribution is -2.36. The first-order valence-corrected chi connectivity index (χ1v) is 19.5. The Morgan fingerprint density at radius 2 is 1.76 bits per heavy atom. The normalized spacial score (nSPS) is 17.3. The van der Waals surface area contributed by atoms with Gasteiger partial charge < -0.3 is 19.1 Å². The number of halogens is 2. The molecule has 1 unspecified atom stereocenters. The summed E-state index contributed by atoms with van der Waals surface area (Å²) in [7, 11) is -1.02. The zero-order valence-electron chi connectivity index (χ0n) is 28.3. The molecule has 50 heavy (non-hydrogen) atoms. The minimum Gasteiger partial charge on any atom is -0.748 e. The number of aromatic nitrogens is 2. The highest BCUT2D eigenvalue weighted by Crippen LogP contribution is 2.44. The maximum atomic E-state index is 13.1.